The first-order chi connectivity index (χ1) is 9.59. The van der Waals surface area contributed by atoms with Gasteiger partial charge in [-0.2, -0.15) is 5.10 Å². The third-order valence-corrected chi connectivity index (χ3v) is 3.39. The third kappa shape index (κ3) is 1.92. The smallest absolute Gasteiger partial charge is 0.284 e. The van der Waals surface area contributed by atoms with Gasteiger partial charge in [-0.05, 0) is 25.1 Å². The maximum absolute atomic E-state index is 12.7. The Morgan fingerprint density at radius 2 is 1.95 bits per heavy atom. The fourth-order valence-corrected chi connectivity index (χ4v) is 2.39. The lowest BCUT2D eigenvalue weighted by Gasteiger charge is -2.15. The van der Waals surface area contributed by atoms with Crippen LogP contribution in [0.25, 0.3) is 11.2 Å². The van der Waals surface area contributed by atoms with Gasteiger partial charge in [0, 0.05) is 6.20 Å². The number of nitrogens with zero attached hydrogens (tertiary/aromatic N) is 3. The minimum atomic E-state index is -0.381. The third-order valence-electron chi connectivity index (χ3n) is 3.08. The van der Waals surface area contributed by atoms with Crippen molar-refractivity contribution >= 4 is 17.1 Å². The standard InChI is InChI=1S/C14H13ClN4O/c1-9(16)13-17-18-8-7-11(15)12(18)14(20)19(13)10-5-3-2-4-6-10/h2-9H,16H2,1H3. The number of fused-ring (bicyclic) bond motifs is 1. The van der Waals surface area contributed by atoms with E-state index < -0.39 is 0 Å². The van der Waals surface area contributed by atoms with Crippen LogP contribution >= 0.6 is 11.6 Å². The van der Waals surface area contributed by atoms with E-state index in [1.54, 1.807) is 19.2 Å². The molecule has 3 aromatic rings. The van der Waals surface area contributed by atoms with Gasteiger partial charge in [-0.1, -0.05) is 29.8 Å². The fraction of sp³-hybridized carbons (Fsp3) is 0.143. The van der Waals surface area contributed by atoms with Gasteiger partial charge in [-0.15, -0.1) is 0 Å². The molecule has 0 aliphatic heterocycles. The molecule has 3 rings (SSSR count). The second-order valence-electron chi connectivity index (χ2n) is 4.58. The number of rotatable bonds is 2. The van der Waals surface area contributed by atoms with Crippen molar-refractivity contribution in [2.75, 3.05) is 0 Å². The number of aromatic nitrogens is 3. The number of hydrogen-bond acceptors (Lipinski definition) is 3. The van der Waals surface area contributed by atoms with Crippen LogP contribution in [0.4, 0.5) is 0 Å². The molecule has 1 aromatic carbocycles. The van der Waals surface area contributed by atoms with Gasteiger partial charge in [0.25, 0.3) is 5.56 Å². The zero-order valence-corrected chi connectivity index (χ0v) is 11.6. The summed E-state index contributed by atoms with van der Waals surface area (Å²) in [5.74, 6) is 0.487. The maximum atomic E-state index is 12.7. The average Bonchev–Trinajstić information content (AvgIpc) is 2.81. The van der Waals surface area contributed by atoms with Crippen molar-refractivity contribution < 1.29 is 0 Å². The van der Waals surface area contributed by atoms with Crippen LogP contribution in [-0.4, -0.2) is 14.2 Å². The average molecular weight is 289 g/mol. The molecular formula is C14H13ClN4O. The van der Waals surface area contributed by atoms with Crippen molar-refractivity contribution in [3.8, 4) is 5.69 Å². The van der Waals surface area contributed by atoms with E-state index >= 15 is 0 Å². The van der Waals surface area contributed by atoms with Gasteiger partial charge in [-0.3, -0.25) is 9.36 Å². The molecule has 0 fully saturated rings. The second-order valence-corrected chi connectivity index (χ2v) is 4.99. The molecule has 0 aliphatic rings. The molecule has 0 saturated heterocycles. The maximum Gasteiger partial charge on any atom is 0.284 e. The predicted octanol–water partition coefficient (Wildman–Crippen LogP) is 2.16. The van der Waals surface area contributed by atoms with E-state index in [0.717, 1.165) is 5.69 Å². The Balaban J connectivity index is 2.45. The summed E-state index contributed by atoms with van der Waals surface area (Å²) in [5, 5.41) is 4.78. The lowest BCUT2D eigenvalue weighted by atomic mass is 10.2. The molecule has 2 heterocycles. The number of halogens is 1. The van der Waals surface area contributed by atoms with Crippen molar-refractivity contribution in [1.29, 1.82) is 0 Å². The zero-order valence-electron chi connectivity index (χ0n) is 10.8. The molecule has 0 saturated carbocycles. The van der Waals surface area contributed by atoms with E-state index in [1.165, 1.54) is 9.08 Å². The highest BCUT2D eigenvalue weighted by atomic mass is 35.5. The summed E-state index contributed by atoms with van der Waals surface area (Å²) in [4.78, 5) is 12.7. The molecule has 0 bridgehead atoms. The Bertz CT molecular complexity index is 820. The van der Waals surface area contributed by atoms with E-state index in [4.69, 9.17) is 17.3 Å². The highest BCUT2D eigenvalue weighted by molar-refractivity contribution is 6.33. The molecule has 0 amide bonds. The first-order valence-corrected chi connectivity index (χ1v) is 6.58. The highest BCUT2D eigenvalue weighted by Gasteiger charge is 2.17. The van der Waals surface area contributed by atoms with Gasteiger partial charge < -0.3 is 5.73 Å². The van der Waals surface area contributed by atoms with Gasteiger partial charge in [0.15, 0.2) is 5.82 Å². The topological polar surface area (TPSA) is 65.3 Å². The summed E-state index contributed by atoms with van der Waals surface area (Å²) in [6.07, 6.45) is 1.65. The summed E-state index contributed by atoms with van der Waals surface area (Å²) < 4.78 is 2.98. The molecule has 6 heteroatoms. The molecule has 1 unspecified atom stereocenters. The lowest BCUT2D eigenvalue weighted by molar-refractivity contribution is 0.647. The number of benzene rings is 1. The summed E-state index contributed by atoms with van der Waals surface area (Å²) in [5.41, 5.74) is 6.79. The fourth-order valence-electron chi connectivity index (χ4n) is 2.17. The summed E-state index contributed by atoms with van der Waals surface area (Å²) in [6.45, 7) is 1.79. The minimum Gasteiger partial charge on any atom is -0.322 e. The van der Waals surface area contributed by atoms with Gasteiger partial charge >= 0.3 is 0 Å². The second kappa shape index (κ2) is 4.77. The predicted molar refractivity (Wildman–Crippen MR) is 78.4 cm³/mol. The van der Waals surface area contributed by atoms with Crippen LogP contribution in [0.3, 0.4) is 0 Å². The molecule has 1 atom stereocenters. The van der Waals surface area contributed by atoms with Crippen LogP contribution in [0.2, 0.25) is 5.02 Å². The van der Waals surface area contributed by atoms with E-state index in [9.17, 15) is 4.79 Å². The Labute approximate surface area is 120 Å². The molecule has 2 aromatic heterocycles. The van der Waals surface area contributed by atoms with Crippen LogP contribution < -0.4 is 11.3 Å². The minimum absolute atomic E-state index is 0.228. The Morgan fingerprint density at radius 1 is 1.25 bits per heavy atom. The quantitative estimate of drug-likeness (QED) is 0.786. The van der Waals surface area contributed by atoms with Crippen LogP contribution in [0, 0.1) is 0 Å². The Kier molecular flexibility index (Phi) is 3.08. The summed E-state index contributed by atoms with van der Waals surface area (Å²) >= 11 is 6.06. The number of hydrogen-bond donors (Lipinski definition) is 1. The molecule has 5 nitrogen and oxygen atoms in total. The van der Waals surface area contributed by atoms with Crippen LogP contribution in [0.5, 0.6) is 0 Å². The van der Waals surface area contributed by atoms with Gasteiger partial charge in [0.05, 0.1) is 16.8 Å². The van der Waals surface area contributed by atoms with Crippen molar-refractivity contribution in [2.24, 2.45) is 5.73 Å². The normalized spacial score (nSPS) is 12.8. The first-order valence-electron chi connectivity index (χ1n) is 6.20. The molecule has 0 spiro atoms. The van der Waals surface area contributed by atoms with Crippen molar-refractivity contribution in [3.05, 3.63) is 63.8 Å². The monoisotopic (exact) mass is 288 g/mol. The summed E-state index contributed by atoms with van der Waals surface area (Å²) in [6, 6.07) is 10.5. The molecular weight excluding hydrogens is 276 g/mol. The molecule has 0 aliphatic carbocycles. The van der Waals surface area contributed by atoms with Crippen LogP contribution in [0.1, 0.15) is 18.8 Å². The van der Waals surface area contributed by atoms with Crippen molar-refractivity contribution in [2.45, 2.75) is 13.0 Å². The largest absolute Gasteiger partial charge is 0.322 e. The Morgan fingerprint density at radius 3 is 2.60 bits per heavy atom. The highest BCUT2D eigenvalue weighted by Crippen LogP contribution is 2.18. The van der Waals surface area contributed by atoms with Gasteiger partial charge in [0.2, 0.25) is 0 Å². The molecule has 20 heavy (non-hydrogen) atoms. The van der Waals surface area contributed by atoms with E-state index in [0.29, 0.717) is 16.4 Å². The SMILES string of the molecule is CC(N)c1nn2ccc(Cl)c2c(=O)n1-c1ccccc1. The first kappa shape index (κ1) is 12.9. The van der Waals surface area contributed by atoms with E-state index in [2.05, 4.69) is 5.10 Å². The van der Waals surface area contributed by atoms with E-state index in [-0.39, 0.29) is 11.6 Å². The van der Waals surface area contributed by atoms with Crippen molar-refractivity contribution in [3.63, 3.8) is 0 Å². The molecule has 0 radical (unpaired) electrons. The van der Waals surface area contributed by atoms with Crippen molar-refractivity contribution in [1.82, 2.24) is 14.2 Å². The number of nitrogens with two attached hydrogens (primary N) is 1. The number of para-hydroxylation sites is 1. The van der Waals surface area contributed by atoms with Gasteiger partial charge in [0.1, 0.15) is 5.52 Å². The van der Waals surface area contributed by atoms with Crippen LogP contribution in [0.15, 0.2) is 47.4 Å². The zero-order chi connectivity index (χ0) is 14.3. The molecule has 102 valence electrons. The summed E-state index contributed by atoms with van der Waals surface area (Å²) in [7, 11) is 0. The van der Waals surface area contributed by atoms with E-state index in [1.807, 2.05) is 30.3 Å². The van der Waals surface area contributed by atoms with Gasteiger partial charge in [-0.25, -0.2) is 4.52 Å². The lowest BCUT2D eigenvalue weighted by Crippen LogP contribution is -2.29. The van der Waals surface area contributed by atoms with Crippen LogP contribution in [-0.2, 0) is 0 Å². The Hall–Kier alpha value is -2.11. The molecule has 2 N–H and O–H groups in total.